The number of hydrogen-bond donors (Lipinski definition) is 1. The summed E-state index contributed by atoms with van der Waals surface area (Å²) in [6.45, 7) is 2.06. The third-order valence-corrected chi connectivity index (χ3v) is 3.35. The van der Waals surface area contributed by atoms with Crippen molar-refractivity contribution in [3.63, 3.8) is 0 Å². The summed E-state index contributed by atoms with van der Waals surface area (Å²) in [4.78, 5) is 0. The van der Waals surface area contributed by atoms with E-state index < -0.39 is 5.82 Å². The van der Waals surface area contributed by atoms with Crippen molar-refractivity contribution < 1.29 is 9.13 Å². The van der Waals surface area contributed by atoms with Crippen molar-refractivity contribution in [1.29, 1.82) is 0 Å². The van der Waals surface area contributed by atoms with E-state index in [1.807, 2.05) is 24.3 Å². The van der Waals surface area contributed by atoms with E-state index in [2.05, 4.69) is 6.92 Å². The van der Waals surface area contributed by atoms with Crippen molar-refractivity contribution in [3.8, 4) is 11.5 Å². The molecule has 2 nitrogen and oxygen atoms in total. The lowest BCUT2D eigenvalue weighted by molar-refractivity contribution is 0.475. The molecule has 0 aliphatic carbocycles. The molecule has 0 saturated heterocycles. The Morgan fingerprint density at radius 3 is 2.65 bits per heavy atom. The summed E-state index contributed by atoms with van der Waals surface area (Å²) in [6.07, 6.45) is 1.72. The van der Waals surface area contributed by atoms with Crippen molar-refractivity contribution in [2.24, 2.45) is 5.73 Å². The zero-order valence-corrected chi connectivity index (χ0v) is 12.0. The van der Waals surface area contributed by atoms with E-state index in [9.17, 15) is 4.39 Å². The minimum atomic E-state index is -0.492. The molecule has 0 spiro atoms. The topological polar surface area (TPSA) is 35.2 Å². The molecule has 0 fully saturated rings. The third kappa shape index (κ3) is 3.95. The number of rotatable bonds is 5. The normalized spacial score (nSPS) is 12.2. The Morgan fingerprint density at radius 1 is 1.20 bits per heavy atom. The second-order valence-corrected chi connectivity index (χ2v) is 5.11. The third-order valence-electron chi connectivity index (χ3n) is 3.05. The average Bonchev–Trinajstić information content (AvgIpc) is 2.43. The van der Waals surface area contributed by atoms with Gasteiger partial charge in [0, 0.05) is 12.1 Å². The SMILES string of the molecule is CCC(N)Cc1cccc(Oc2ccc(Cl)c(F)c2)c1. The fourth-order valence-electron chi connectivity index (χ4n) is 1.86. The molecule has 0 bridgehead atoms. The number of ether oxygens (including phenoxy) is 1. The number of halogens is 2. The highest BCUT2D eigenvalue weighted by Crippen LogP contribution is 2.26. The molecule has 2 N–H and O–H groups in total. The molecular weight excluding hydrogens is 277 g/mol. The van der Waals surface area contributed by atoms with Gasteiger partial charge in [-0.3, -0.25) is 0 Å². The van der Waals surface area contributed by atoms with Gasteiger partial charge in [0.15, 0.2) is 0 Å². The number of benzene rings is 2. The van der Waals surface area contributed by atoms with Crippen LogP contribution in [0.3, 0.4) is 0 Å². The van der Waals surface area contributed by atoms with Crippen LogP contribution in [0.15, 0.2) is 42.5 Å². The second kappa shape index (κ2) is 6.73. The van der Waals surface area contributed by atoms with Gasteiger partial charge in [-0.15, -0.1) is 0 Å². The predicted octanol–water partition coefficient (Wildman–Crippen LogP) is 4.55. The number of nitrogens with two attached hydrogens (primary N) is 1. The van der Waals surface area contributed by atoms with Crippen LogP contribution in [0.4, 0.5) is 4.39 Å². The van der Waals surface area contributed by atoms with Crippen LogP contribution in [0, 0.1) is 5.82 Å². The molecule has 0 radical (unpaired) electrons. The molecule has 106 valence electrons. The Labute approximate surface area is 123 Å². The van der Waals surface area contributed by atoms with Gasteiger partial charge in [-0.25, -0.2) is 4.39 Å². The van der Waals surface area contributed by atoms with Crippen LogP contribution in [0.2, 0.25) is 5.02 Å². The lowest BCUT2D eigenvalue weighted by Crippen LogP contribution is -2.21. The molecule has 0 saturated carbocycles. The lowest BCUT2D eigenvalue weighted by atomic mass is 10.0. The van der Waals surface area contributed by atoms with E-state index in [4.69, 9.17) is 22.1 Å². The molecule has 20 heavy (non-hydrogen) atoms. The van der Waals surface area contributed by atoms with E-state index in [-0.39, 0.29) is 11.1 Å². The van der Waals surface area contributed by atoms with Crippen LogP contribution in [0.1, 0.15) is 18.9 Å². The van der Waals surface area contributed by atoms with Gasteiger partial charge in [0.1, 0.15) is 17.3 Å². The van der Waals surface area contributed by atoms with E-state index in [0.717, 1.165) is 18.4 Å². The maximum absolute atomic E-state index is 13.4. The molecule has 0 heterocycles. The molecule has 1 atom stereocenters. The van der Waals surface area contributed by atoms with Crippen molar-refractivity contribution >= 4 is 11.6 Å². The first-order valence-electron chi connectivity index (χ1n) is 6.56. The second-order valence-electron chi connectivity index (χ2n) is 4.70. The van der Waals surface area contributed by atoms with Gasteiger partial charge in [-0.05, 0) is 42.7 Å². The minimum Gasteiger partial charge on any atom is -0.457 e. The fraction of sp³-hybridized carbons (Fsp3) is 0.250. The van der Waals surface area contributed by atoms with Crippen LogP contribution in [-0.2, 0) is 6.42 Å². The van der Waals surface area contributed by atoms with Gasteiger partial charge < -0.3 is 10.5 Å². The van der Waals surface area contributed by atoms with Gasteiger partial charge in [0.2, 0.25) is 0 Å². The molecule has 2 aromatic rings. The van der Waals surface area contributed by atoms with Crippen molar-refractivity contribution in [2.45, 2.75) is 25.8 Å². The van der Waals surface area contributed by atoms with Crippen LogP contribution < -0.4 is 10.5 Å². The molecule has 2 rings (SSSR count). The lowest BCUT2D eigenvalue weighted by Gasteiger charge is -2.11. The first kappa shape index (κ1) is 14.8. The zero-order chi connectivity index (χ0) is 14.5. The molecule has 0 amide bonds. The molecule has 4 heteroatoms. The van der Waals surface area contributed by atoms with Crippen LogP contribution >= 0.6 is 11.6 Å². The van der Waals surface area contributed by atoms with Crippen LogP contribution in [-0.4, -0.2) is 6.04 Å². The average molecular weight is 294 g/mol. The van der Waals surface area contributed by atoms with Crippen molar-refractivity contribution in [2.75, 3.05) is 0 Å². The maximum Gasteiger partial charge on any atom is 0.145 e. The van der Waals surface area contributed by atoms with Gasteiger partial charge in [0.05, 0.1) is 5.02 Å². The molecule has 2 aromatic carbocycles. The summed E-state index contributed by atoms with van der Waals surface area (Å²) in [5.74, 6) is 0.588. The molecule has 0 aliphatic heterocycles. The summed E-state index contributed by atoms with van der Waals surface area (Å²) >= 11 is 5.64. The summed E-state index contributed by atoms with van der Waals surface area (Å²) < 4.78 is 19.0. The quantitative estimate of drug-likeness (QED) is 0.877. The Morgan fingerprint density at radius 2 is 1.95 bits per heavy atom. The Balaban J connectivity index is 2.12. The molecular formula is C16H17ClFNO. The first-order chi connectivity index (χ1) is 9.58. The Bertz CT molecular complexity index is 588. The molecule has 1 unspecified atom stereocenters. The highest BCUT2D eigenvalue weighted by Gasteiger charge is 2.05. The standard InChI is InChI=1S/C16H17ClFNO/c1-2-12(19)8-11-4-3-5-13(9-11)20-14-6-7-15(17)16(18)10-14/h3-7,9-10,12H,2,8,19H2,1H3. The van der Waals surface area contributed by atoms with Gasteiger partial charge in [-0.1, -0.05) is 30.7 Å². The molecule has 0 aromatic heterocycles. The van der Waals surface area contributed by atoms with E-state index >= 15 is 0 Å². The van der Waals surface area contributed by atoms with Crippen LogP contribution in [0.5, 0.6) is 11.5 Å². The Kier molecular flexibility index (Phi) is 4.99. The highest BCUT2D eigenvalue weighted by atomic mass is 35.5. The largest absolute Gasteiger partial charge is 0.457 e. The summed E-state index contributed by atoms with van der Waals surface area (Å²) in [7, 11) is 0. The minimum absolute atomic E-state index is 0.0834. The van der Waals surface area contributed by atoms with Gasteiger partial charge in [-0.2, -0.15) is 0 Å². The smallest absolute Gasteiger partial charge is 0.145 e. The molecule has 0 aliphatic rings. The van der Waals surface area contributed by atoms with Crippen molar-refractivity contribution in [3.05, 3.63) is 58.9 Å². The predicted molar refractivity (Wildman–Crippen MR) is 79.9 cm³/mol. The maximum atomic E-state index is 13.4. The van der Waals surface area contributed by atoms with E-state index in [1.54, 1.807) is 6.07 Å². The summed E-state index contributed by atoms with van der Waals surface area (Å²) in [5, 5.41) is 0.0834. The zero-order valence-electron chi connectivity index (χ0n) is 11.3. The van der Waals surface area contributed by atoms with Crippen LogP contribution in [0.25, 0.3) is 0 Å². The van der Waals surface area contributed by atoms with E-state index in [0.29, 0.717) is 11.5 Å². The summed E-state index contributed by atoms with van der Waals surface area (Å²) in [6, 6.07) is 12.2. The van der Waals surface area contributed by atoms with Gasteiger partial charge in [0.25, 0.3) is 0 Å². The Hall–Kier alpha value is -1.58. The monoisotopic (exact) mass is 293 g/mol. The van der Waals surface area contributed by atoms with Crippen molar-refractivity contribution in [1.82, 2.24) is 0 Å². The number of hydrogen-bond acceptors (Lipinski definition) is 2. The highest BCUT2D eigenvalue weighted by molar-refractivity contribution is 6.30. The fourth-order valence-corrected chi connectivity index (χ4v) is 1.98. The van der Waals surface area contributed by atoms with E-state index in [1.165, 1.54) is 12.1 Å². The first-order valence-corrected chi connectivity index (χ1v) is 6.93. The summed E-state index contributed by atoms with van der Waals surface area (Å²) in [5.41, 5.74) is 7.04. The van der Waals surface area contributed by atoms with Gasteiger partial charge >= 0.3 is 0 Å².